The van der Waals surface area contributed by atoms with Crippen LogP contribution < -0.4 is 24.8 Å². The summed E-state index contributed by atoms with van der Waals surface area (Å²) in [5.41, 5.74) is 3.12. The predicted octanol–water partition coefficient (Wildman–Crippen LogP) is 5.55. The molecule has 0 bridgehead atoms. The van der Waals surface area contributed by atoms with Gasteiger partial charge in [0, 0.05) is 33.6 Å². The zero-order valence-corrected chi connectivity index (χ0v) is 22.0. The molecular formula is C28H26ClN5O4. The third-order valence-electron chi connectivity index (χ3n) is 6.24. The van der Waals surface area contributed by atoms with Crippen LogP contribution in [0.3, 0.4) is 0 Å². The van der Waals surface area contributed by atoms with E-state index >= 15 is 0 Å². The second-order valence-corrected chi connectivity index (χ2v) is 8.99. The van der Waals surface area contributed by atoms with Gasteiger partial charge < -0.3 is 24.8 Å². The van der Waals surface area contributed by atoms with Crippen LogP contribution in [-0.2, 0) is 4.79 Å². The second-order valence-electron chi connectivity index (χ2n) is 8.55. The summed E-state index contributed by atoms with van der Waals surface area (Å²) in [6.07, 6.45) is 0. The number of rotatable bonds is 7. The highest BCUT2D eigenvalue weighted by atomic mass is 35.5. The molecule has 1 aliphatic rings. The Balaban J connectivity index is 1.70. The maximum absolute atomic E-state index is 13.8. The topological polar surface area (TPSA) is 99.5 Å². The Hall–Kier alpha value is -4.50. The van der Waals surface area contributed by atoms with Gasteiger partial charge in [0.15, 0.2) is 17.3 Å². The van der Waals surface area contributed by atoms with Gasteiger partial charge in [0.25, 0.3) is 5.91 Å². The van der Waals surface area contributed by atoms with E-state index in [2.05, 4.69) is 10.6 Å². The number of hydrogen-bond donors (Lipinski definition) is 2. The number of carbonyl (C=O) groups excluding carboxylic acids is 1. The molecule has 0 spiro atoms. The minimum atomic E-state index is -0.704. The lowest BCUT2D eigenvalue weighted by molar-refractivity contribution is -0.113. The third kappa shape index (κ3) is 4.64. The molecule has 0 radical (unpaired) electrons. The predicted molar refractivity (Wildman–Crippen MR) is 146 cm³/mol. The number of ether oxygens (including phenoxy) is 3. The van der Waals surface area contributed by atoms with Crippen molar-refractivity contribution < 1.29 is 19.0 Å². The molecule has 0 fully saturated rings. The highest BCUT2D eigenvalue weighted by molar-refractivity contribution is 6.30. The summed E-state index contributed by atoms with van der Waals surface area (Å²) in [6, 6.07) is 19.4. The number of methoxy groups -OCH3 is 3. The van der Waals surface area contributed by atoms with Gasteiger partial charge >= 0.3 is 0 Å². The number of halogens is 1. The zero-order valence-electron chi connectivity index (χ0n) is 21.3. The molecule has 0 saturated carbocycles. The first-order valence-corrected chi connectivity index (χ1v) is 12.2. The lowest BCUT2D eigenvalue weighted by Crippen LogP contribution is -2.31. The third-order valence-corrected chi connectivity index (χ3v) is 6.48. The maximum Gasteiger partial charge on any atom is 0.255 e. The van der Waals surface area contributed by atoms with Crippen LogP contribution in [0.4, 0.5) is 11.6 Å². The van der Waals surface area contributed by atoms with Crippen molar-refractivity contribution in [1.82, 2.24) is 14.8 Å². The van der Waals surface area contributed by atoms with Crippen molar-refractivity contribution in [2.45, 2.75) is 13.0 Å². The van der Waals surface area contributed by atoms with Crippen molar-refractivity contribution in [1.29, 1.82) is 0 Å². The van der Waals surface area contributed by atoms with Crippen LogP contribution in [0.2, 0.25) is 5.02 Å². The smallest absolute Gasteiger partial charge is 0.255 e. The summed E-state index contributed by atoms with van der Waals surface area (Å²) >= 11 is 6.23. The maximum atomic E-state index is 13.8. The van der Waals surface area contributed by atoms with E-state index in [1.165, 1.54) is 0 Å². The van der Waals surface area contributed by atoms with Gasteiger partial charge in [-0.1, -0.05) is 41.9 Å². The molecule has 4 aromatic rings. The number of anilines is 2. The van der Waals surface area contributed by atoms with Crippen molar-refractivity contribution in [2.24, 2.45) is 0 Å². The molecule has 1 atom stereocenters. The molecular weight excluding hydrogens is 506 g/mol. The number of benzene rings is 3. The largest absolute Gasteiger partial charge is 0.496 e. The number of nitrogens with one attached hydrogen (secondary N) is 2. The number of allylic oxidation sites excluding steroid dienone is 1. The van der Waals surface area contributed by atoms with Crippen LogP contribution in [0.5, 0.6) is 17.2 Å². The van der Waals surface area contributed by atoms with Crippen LogP contribution in [0.25, 0.3) is 11.4 Å². The number of amides is 1. The van der Waals surface area contributed by atoms with Gasteiger partial charge in [-0.3, -0.25) is 4.79 Å². The van der Waals surface area contributed by atoms with Crippen LogP contribution in [-0.4, -0.2) is 42.0 Å². The molecule has 194 valence electrons. The molecule has 9 nitrogen and oxygen atoms in total. The van der Waals surface area contributed by atoms with E-state index in [0.29, 0.717) is 56.6 Å². The molecule has 2 heterocycles. The van der Waals surface area contributed by atoms with E-state index in [9.17, 15) is 4.79 Å². The van der Waals surface area contributed by atoms with Gasteiger partial charge in [0.2, 0.25) is 5.95 Å². The van der Waals surface area contributed by atoms with Crippen molar-refractivity contribution in [3.8, 4) is 28.6 Å². The minimum absolute atomic E-state index is 0.298. The van der Waals surface area contributed by atoms with E-state index in [1.54, 1.807) is 50.3 Å². The first-order chi connectivity index (χ1) is 18.4. The van der Waals surface area contributed by atoms with Gasteiger partial charge in [-0.15, -0.1) is 5.10 Å². The molecule has 0 aliphatic carbocycles. The van der Waals surface area contributed by atoms with Gasteiger partial charge in [0.1, 0.15) is 11.8 Å². The summed E-state index contributed by atoms with van der Waals surface area (Å²) < 4.78 is 18.5. The first kappa shape index (κ1) is 25.2. The summed E-state index contributed by atoms with van der Waals surface area (Å²) in [7, 11) is 4.67. The fourth-order valence-electron chi connectivity index (χ4n) is 4.47. The van der Waals surface area contributed by atoms with Crippen molar-refractivity contribution in [3.05, 3.63) is 88.6 Å². The van der Waals surface area contributed by atoms with Crippen molar-refractivity contribution >= 4 is 29.1 Å². The average molecular weight is 532 g/mol. The number of hydrogen-bond acceptors (Lipinski definition) is 7. The van der Waals surface area contributed by atoms with E-state index < -0.39 is 6.04 Å². The van der Waals surface area contributed by atoms with E-state index in [0.717, 1.165) is 5.56 Å². The van der Waals surface area contributed by atoms with Crippen molar-refractivity contribution in [3.63, 3.8) is 0 Å². The number of fused-ring (bicyclic) bond motifs is 1. The lowest BCUT2D eigenvalue weighted by Gasteiger charge is -2.30. The molecule has 1 aromatic heterocycles. The Morgan fingerprint density at radius 2 is 1.66 bits per heavy atom. The lowest BCUT2D eigenvalue weighted by atomic mass is 9.93. The molecule has 10 heteroatoms. The molecule has 1 unspecified atom stereocenters. The normalized spacial score (nSPS) is 14.4. The number of para-hydroxylation sites is 1. The highest BCUT2D eigenvalue weighted by Gasteiger charge is 2.37. The van der Waals surface area contributed by atoms with Crippen LogP contribution in [0.1, 0.15) is 18.5 Å². The van der Waals surface area contributed by atoms with Crippen molar-refractivity contribution in [2.75, 3.05) is 32.0 Å². The van der Waals surface area contributed by atoms with Crippen LogP contribution in [0.15, 0.2) is 78.0 Å². The quantitative estimate of drug-likeness (QED) is 0.322. The zero-order chi connectivity index (χ0) is 26.8. The molecule has 5 rings (SSSR count). The Morgan fingerprint density at radius 1 is 0.947 bits per heavy atom. The molecule has 38 heavy (non-hydrogen) atoms. The SMILES string of the molecule is COc1cc(OC)c(C2C(C(=O)Nc3ccccc3)=C(C)Nc3nc(-c4cccc(Cl)c4)nn32)cc1OC. The fourth-order valence-corrected chi connectivity index (χ4v) is 4.66. The second kappa shape index (κ2) is 10.5. The van der Waals surface area contributed by atoms with Crippen LogP contribution >= 0.6 is 11.6 Å². The van der Waals surface area contributed by atoms with E-state index in [4.69, 9.17) is 35.9 Å². The summed E-state index contributed by atoms with van der Waals surface area (Å²) in [6.45, 7) is 1.83. The average Bonchev–Trinajstić information content (AvgIpc) is 3.35. The summed E-state index contributed by atoms with van der Waals surface area (Å²) in [5.74, 6) is 2.11. The minimum Gasteiger partial charge on any atom is -0.496 e. The fraction of sp³-hybridized carbons (Fsp3) is 0.179. The van der Waals surface area contributed by atoms with Gasteiger partial charge in [-0.2, -0.15) is 4.98 Å². The van der Waals surface area contributed by atoms with Gasteiger partial charge in [-0.25, -0.2) is 4.68 Å². The Bertz CT molecular complexity index is 1530. The molecule has 1 amide bonds. The Labute approximate surface area is 225 Å². The first-order valence-electron chi connectivity index (χ1n) is 11.8. The van der Waals surface area contributed by atoms with Crippen LogP contribution in [0, 0.1) is 0 Å². The number of nitrogens with zero attached hydrogens (tertiary/aromatic N) is 3. The van der Waals surface area contributed by atoms with Gasteiger partial charge in [-0.05, 0) is 37.3 Å². The van der Waals surface area contributed by atoms with E-state index in [-0.39, 0.29) is 5.91 Å². The standard InChI is InChI=1S/C28H26ClN5O4/c1-16-24(27(35)31-19-11-6-5-7-12-19)25(20-14-22(37-3)23(38-4)15-21(20)36-2)34-28(30-16)32-26(33-34)17-9-8-10-18(29)13-17/h5-15,25H,1-4H3,(H,31,35)(H,30,32,33). The molecule has 3 aromatic carbocycles. The molecule has 2 N–H and O–H groups in total. The van der Waals surface area contributed by atoms with Gasteiger partial charge in [0.05, 0.1) is 26.9 Å². The molecule has 1 aliphatic heterocycles. The molecule has 0 saturated heterocycles. The Kier molecular flexibility index (Phi) is 6.93. The Morgan fingerprint density at radius 3 is 2.34 bits per heavy atom. The number of carbonyl (C=O) groups is 1. The van der Waals surface area contributed by atoms with E-state index in [1.807, 2.05) is 49.4 Å². The summed E-state index contributed by atoms with van der Waals surface area (Å²) in [4.78, 5) is 18.5. The highest BCUT2D eigenvalue weighted by Crippen LogP contribution is 2.44. The monoisotopic (exact) mass is 531 g/mol. The summed E-state index contributed by atoms with van der Waals surface area (Å²) in [5, 5.41) is 11.6. The number of aromatic nitrogens is 3.